The average molecular weight is 393 g/mol. The van der Waals surface area contributed by atoms with Gasteiger partial charge in [-0.05, 0) is 57.2 Å². The molecule has 1 atom stereocenters. The summed E-state index contributed by atoms with van der Waals surface area (Å²) in [5.74, 6) is -0.405. The van der Waals surface area contributed by atoms with Crippen molar-refractivity contribution in [1.82, 2.24) is 4.72 Å². The monoisotopic (exact) mass is 392 g/mol. The van der Waals surface area contributed by atoms with Gasteiger partial charge in [-0.15, -0.1) is 11.8 Å². The molecule has 0 bridgehead atoms. The first-order valence-corrected chi connectivity index (χ1v) is 10.9. The first-order chi connectivity index (χ1) is 12.2. The molecular weight excluding hydrogens is 368 g/mol. The van der Waals surface area contributed by atoms with Crippen molar-refractivity contribution in [3.8, 4) is 0 Å². The summed E-state index contributed by atoms with van der Waals surface area (Å²) >= 11 is 1.51. The third-order valence-corrected chi connectivity index (χ3v) is 6.60. The van der Waals surface area contributed by atoms with E-state index in [9.17, 15) is 13.2 Å². The van der Waals surface area contributed by atoms with E-state index in [1.807, 2.05) is 43.5 Å². The molecular formula is C19H24N2O3S2. The number of hydrogen-bond acceptors (Lipinski definition) is 4. The van der Waals surface area contributed by atoms with Crippen molar-refractivity contribution in [2.45, 2.75) is 43.5 Å². The van der Waals surface area contributed by atoms with E-state index in [0.29, 0.717) is 16.8 Å². The molecule has 0 aliphatic carbocycles. The standard InChI is InChI=1S/C19H24N2O3S2/c1-12-10-13(2)18(14(3)11-12)26(23,24)21-15(4)19(22)20-16-8-6-7-9-17(16)25-5/h6-11,15,21H,1-5H3,(H,20,22). The van der Waals surface area contributed by atoms with Crippen molar-refractivity contribution in [3.05, 3.63) is 53.1 Å². The van der Waals surface area contributed by atoms with Crippen molar-refractivity contribution in [2.75, 3.05) is 11.6 Å². The molecule has 0 radical (unpaired) electrons. The van der Waals surface area contributed by atoms with Gasteiger partial charge in [0.2, 0.25) is 15.9 Å². The van der Waals surface area contributed by atoms with Gasteiger partial charge in [-0.3, -0.25) is 4.79 Å². The highest BCUT2D eigenvalue weighted by Crippen LogP contribution is 2.25. The lowest BCUT2D eigenvalue weighted by Gasteiger charge is -2.18. The third kappa shape index (κ3) is 4.66. The Morgan fingerprint density at radius 1 is 1.08 bits per heavy atom. The lowest BCUT2D eigenvalue weighted by Crippen LogP contribution is -2.42. The van der Waals surface area contributed by atoms with E-state index >= 15 is 0 Å². The van der Waals surface area contributed by atoms with Gasteiger partial charge in [0, 0.05) is 4.90 Å². The summed E-state index contributed by atoms with van der Waals surface area (Å²) in [7, 11) is -3.81. The van der Waals surface area contributed by atoms with Gasteiger partial charge >= 0.3 is 0 Å². The van der Waals surface area contributed by atoms with Crippen LogP contribution in [-0.2, 0) is 14.8 Å². The molecule has 1 amide bonds. The molecule has 2 N–H and O–H groups in total. The van der Waals surface area contributed by atoms with Crippen molar-refractivity contribution >= 4 is 33.4 Å². The van der Waals surface area contributed by atoms with Crippen LogP contribution < -0.4 is 10.0 Å². The van der Waals surface area contributed by atoms with Crippen LogP contribution in [0.2, 0.25) is 0 Å². The number of carbonyl (C=O) groups is 1. The highest BCUT2D eigenvalue weighted by atomic mass is 32.2. The number of amides is 1. The van der Waals surface area contributed by atoms with E-state index < -0.39 is 22.0 Å². The molecule has 2 aromatic rings. The van der Waals surface area contributed by atoms with Crippen LogP contribution in [0.4, 0.5) is 5.69 Å². The van der Waals surface area contributed by atoms with Gasteiger partial charge in [-0.25, -0.2) is 8.42 Å². The first-order valence-electron chi connectivity index (χ1n) is 8.19. The van der Waals surface area contributed by atoms with Gasteiger partial charge in [0.15, 0.2) is 0 Å². The third-order valence-electron chi connectivity index (χ3n) is 3.96. The maximum Gasteiger partial charge on any atom is 0.242 e. The van der Waals surface area contributed by atoms with Gasteiger partial charge in [0.1, 0.15) is 0 Å². The molecule has 140 valence electrons. The van der Waals surface area contributed by atoms with Gasteiger partial charge in [-0.1, -0.05) is 29.8 Å². The number of anilines is 1. The minimum absolute atomic E-state index is 0.229. The Morgan fingerprint density at radius 3 is 2.23 bits per heavy atom. The van der Waals surface area contributed by atoms with Crippen molar-refractivity contribution in [3.63, 3.8) is 0 Å². The van der Waals surface area contributed by atoms with Crippen molar-refractivity contribution in [1.29, 1.82) is 0 Å². The van der Waals surface area contributed by atoms with Crippen molar-refractivity contribution < 1.29 is 13.2 Å². The van der Waals surface area contributed by atoms with Gasteiger partial charge in [0.05, 0.1) is 16.6 Å². The summed E-state index contributed by atoms with van der Waals surface area (Å²) in [4.78, 5) is 13.6. The minimum atomic E-state index is -3.81. The van der Waals surface area contributed by atoms with E-state index in [0.717, 1.165) is 10.5 Å². The Hall–Kier alpha value is -1.83. The number of carbonyl (C=O) groups excluding carboxylic acids is 1. The lowest BCUT2D eigenvalue weighted by atomic mass is 10.1. The summed E-state index contributed by atoms with van der Waals surface area (Å²) in [6, 6.07) is 10.1. The number of rotatable bonds is 6. The number of benzene rings is 2. The maximum absolute atomic E-state index is 12.8. The Morgan fingerprint density at radius 2 is 1.65 bits per heavy atom. The van der Waals surface area contributed by atoms with Crippen LogP contribution in [-0.4, -0.2) is 26.6 Å². The van der Waals surface area contributed by atoms with Crippen LogP contribution in [0.1, 0.15) is 23.6 Å². The second-order valence-corrected chi connectivity index (χ2v) is 8.76. The first kappa shape index (κ1) is 20.5. The van der Waals surface area contributed by atoms with Crippen LogP contribution in [0, 0.1) is 20.8 Å². The van der Waals surface area contributed by atoms with E-state index in [4.69, 9.17) is 0 Å². The van der Waals surface area contributed by atoms with Crippen LogP contribution in [0.5, 0.6) is 0 Å². The summed E-state index contributed by atoms with van der Waals surface area (Å²) < 4.78 is 28.0. The van der Waals surface area contributed by atoms with Crippen LogP contribution >= 0.6 is 11.8 Å². The molecule has 5 nitrogen and oxygen atoms in total. The summed E-state index contributed by atoms with van der Waals surface area (Å²) in [5, 5.41) is 2.79. The summed E-state index contributed by atoms with van der Waals surface area (Å²) in [5.41, 5.74) is 2.99. The van der Waals surface area contributed by atoms with Crippen LogP contribution in [0.3, 0.4) is 0 Å². The lowest BCUT2D eigenvalue weighted by molar-refractivity contribution is -0.117. The van der Waals surface area contributed by atoms with E-state index in [-0.39, 0.29) is 4.90 Å². The van der Waals surface area contributed by atoms with Gasteiger partial charge in [0.25, 0.3) is 0 Å². The highest BCUT2D eigenvalue weighted by molar-refractivity contribution is 7.98. The second-order valence-electron chi connectivity index (χ2n) is 6.26. The number of para-hydroxylation sites is 1. The molecule has 26 heavy (non-hydrogen) atoms. The number of nitrogens with one attached hydrogen (secondary N) is 2. The molecule has 0 saturated carbocycles. The smallest absolute Gasteiger partial charge is 0.242 e. The Balaban J connectivity index is 2.20. The molecule has 0 aliphatic heterocycles. The fourth-order valence-corrected chi connectivity index (χ4v) is 5.13. The van der Waals surface area contributed by atoms with E-state index in [2.05, 4.69) is 10.0 Å². The van der Waals surface area contributed by atoms with Crippen LogP contribution in [0.15, 0.2) is 46.2 Å². The summed E-state index contributed by atoms with van der Waals surface area (Å²) in [6.45, 7) is 6.97. The van der Waals surface area contributed by atoms with Gasteiger partial charge in [-0.2, -0.15) is 4.72 Å². The SMILES string of the molecule is CSc1ccccc1NC(=O)C(C)NS(=O)(=O)c1c(C)cc(C)cc1C. The second kappa shape index (κ2) is 8.24. The Labute approximate surface area is 159 Å². The zero-order valence-corrected chi connectivity index (χ0v) is 17.2. The molecule has 1 unspecified atom stereocenters. The fraction of sp³-hybridized carbons (Fsp3) is 0.316. The maximum atomic E-state index is 12.8. The quantitative estimate of drug-likeness (QED) is 0.736. The van der Waals surface area contributed by atoms with Crippen LogP contribution in [0.25, 0.3) is 0 Å². The molecule has 2 rings (SSSR count). The molecule has 0 aliphatic rings. The van der Waals surface area contributed by atoms with E-state index in [1.54, 1.807) is 19.9 Å². The highest BCUT2D eigenvalue weighted by Gasteiger charge is 2.25. The number of sulfonamides is 1. The zero-order chi connectivity index (χ0) is 19.5. The molecule has 0 spiro atoms. The Kier molecular flexibility index (Phi) is 6.49. The number of hydrogen-bond donors (Lipinski definition) is 2. The molecule has 7 heteroatoms. The molecule has 0 aromatic heterocycles. The topological polar surface area (TPSA) is 75.3 Å². The number of aryl methyl sites for hydroxylation is 3. The predicted molar refractivity (Wildman–Crippen MR) is 107 cm³/mol. The average Bonchev–Trinajstić information content (AvgIpc) is 2.53. The molecule has 0 fully saturated rings. The normalized spacial score (nSPS) is 12.7. The Bertz CT molecular complexity index is 901. The minimum Gasteiger partial charge on any atom is -0.324 e. The predicted octanol–water partition coefficient (Wildman–Crippen LogP) is 3.64. The van der Waals surface area contributed by atoms with E-state index in [1.165, 1.54) is 18.7 Å². The van der Waals surface area contributed by atoms with Crippen molar-refractivity contribution in [2.24, 2.45) is 0 Å². The number of thioether (sulfide) groups is 1. The van der Waals surface area contributed by atoms with Gasteiger partial charge < -0.3 is 5.32 Å². The molecule has 2 aromatic carbocycles. The summed E-state index contributed by atoms with van der Waals surface area (Å²) in [6.07, 6.45) is 1.92. The largest absolute Gasteiger partial charge is 0.324 e. The molecule has 0 heterocycles. The fourth-order valence-electron chi connectivity index (χ4n) is 2.92. The molecule has 0 saturated heterocycles. The zero-order valence-electron chi connectivity index (χ0n) is 15.6.